The summed E-state index contributed by atoms with van der Waals surface area (Å²) in [6.45, 7) is 6.59. The minimum absolute atomic E-state index is 0.0652. The van der Waals surface area contributed by atoms with E-state index in [9.17, 15) is 4.79 Å². The molecule has 5 heteroatoms. The third-order valence-electron chi connectivity index (χ3n) is 8.96. The number of rotatable bonds is 7. The predicted octanol–water partition coefficient (Wildman–Crippen LogP) is 12.6. The molecule has 1 saturated heterocycles. The molecule has 0 spiro atoms. The number of benzene rings is 4. The third-order valence-corrected chi connectivity index (χ3v) is 14.7. The maximum absolute atomic E-state index is 14.1. The summed E-state index contributed by atoms with van der Waals surface area (Å²) in [6.07, 6.45) is 1.66. The molecule has 0 unspecified atom stereocenters. The zero-order chi connectivity index (χ0) is 32.4. The first-order valence-corrected chi connectivity index (χ1v) is 19.4. The highest BCUT2D eigenvalue weighted by Gasteiger charge is 2.40. The van der Waals surface area contributed by atoms with E-state index in [1.165, 1.54) is 43.4 Å². The van der Waals surface area contributed by atoms with Crippen molar-refractivity contribution in [2.75, 3.05) is 6.54 Å². The van der Waals surface area contributed by atoms with Crippen LogP contribution in [0, 0.1) is 0 Å². The molecule has 2 aromatic heterocycles. The number of carbonyl (C=O) groups is 1. The van der Waals surface area contributed by atoms with E-state index >= 15 is 0 Å². The average molecular weight is 654 g/mol. The normalized spacial score (nSPS) is 16.4. The molecule has 0 bridgehead atoms. The Balaban J connectivity index is 1.33. The average Bonchev–Trinajstić information content (AvgIpc) is 3.83. The van der Waals surface area contributed by atoms with Crippen molar-refractivity contribution in [3.05, 3.63) is 146 Å². The van der Waals surface area contributed by atoms with Crippen LogP contribution in [0.3, 0.4) is 0 Å². The second-order valence-electron chi connectivity index (χ2n) is 13.3. The van der Waals surface area contributed by atoms with Crippen LogP contribution in [-0.4, -0.2) is 29.2 Å². The van der Waals surface area contributed by atoms with E-state index in [1.807, 2.05) is 20.8 Å². The van der Waals surface area contributed by atoms with Gasteiger partial charge >= 0.3 is 6.09 Å². The highest BCUT2D eigenvalue weighted by atomic mass is 31.1. The van der Waals surface area contributed by atoms with Crippen LogP contribution in [-0.2, 0) is 10.9 Å². The summed E-state index contributed by atoms with van der Waals surface area (Å²) in [5.41, 5.74) is 4.83. The highest BCUT2D eigenvalue weighted by molar-refractivity contribution is 7.57. The molecule has 6 aromatic rings. The van der Waals surface area contributed by atoms with Gasteiger partial charge in [-0.1, -0.05) is 121 Å². The van der Waals surface area contributed by atoms with Crippen LogP contribution >= 0.6 is 15.1 Å². The molecule has 1 fully saturated rings. The van der Waals surface area contributed by atoms with Crippen molar-refractivity contribution in [3.8, 4) is 43.4 Å². The fourth-order valence-corrected chi connectivity index (χ4v) is 12.9. The Morgan fingerprint density at radius 1 is 0.617 bits per heavy atom. The Hall–Kier alpha value is -4.29. The minimum atomic E-state index is -0.714. The van der Waals surface area contributed by atoms with E-state index in [-0.39, 0.29) is 12.1 Å². The lowest BCUT2D eigenvalue weighted by atomic mass is 10.2. The molecule has 4 aromatic carbocycles. The first kappa shape index (κ1) is 31.3. The van der Waals surface area contributed by atoms with Crippen molar-refractivity contribution in [3.63, 3.8) is 0 Å². The predicted molar refractivity (Wildman–Crippen MR) is 200 cm³/mol. The lowest BCUT2D eigenvalue weighted by molar-refractivity contribution is 0.0233. The molecule has 0 saturated carbocycles. The van der Waals surface area contributed by atoms with Crippen LogP contribution in [0.2, 0.25) is 0 Å². The largest absolute Gasteiger partial charge is 0.444 e. The van der Waals surface area contributed by atoms with Gasteiger partial charge in [0.1, 0.15) is 5.60 Å². The van der Waals surface area contributed by atoms with Crippen molar-refractivity contribution in [1.82, 2.24) is 4.90 Å². The van der Waals surface area contributed by atoms with E-state index in [2.05, 4.69) is 150 Å². The highest BCUT2D eigenvalue weighted by Crippen LogP contribution is 2.62. The van der Waals surface area contributed by atoms with E-state index < -0.39 is 20.7 Å². The van der Waals surface area contributed by atoms with Gasteiger partial charge in [0.15, 0.2) is 0 Å². The number of hydrogen-bond acceptors (Lipinski definition) is 2. The standard InChI is InChI=1S/C42H41NO2P2/c1-42(2,3)45-41(44)43-29-36(47-39(33-20-12-6-13-21-33)26-27-40(47)34-22-14-7-15-23-34)28-35(43)30-46-37(31-16-8-4-9-17-31)24-25-38(46)32-18-10-5-11-19-32/h4-27,35-36H,28-30H2,1-3H3/t35-,36-/m0/s1. The van der Waals surface area contributed by atoms with Crippen molar-refractivity contribution in [2.45, 2.75) is 50.7 Å². The van der Waals surface area contributed by atoms with Crippen molar-refractivity contribution in [2.24, 2.45) is 0 Å². The molecule has 236 valence electrons. The van der Waals surface area contributed by atoms with Crippen LogP contribution in [0.4, 0.5) is 4.79 Å². The summed E-state index contributed by atoms with van der Waals surface area (Å²) in [6, 6.07) is 52.6. The van der Waals surface area contributed by atoms with Crippen LogP contribution in [0.25, 0.3) is 43.4 Å². The molecular weight excluding hydrogens is 612 g/mol. The van der Waals surface area contributed by atoms with Gasteiger partial charge in [-0.05, 0) is 73.7 Å². The van der Waals surface area contributed by atoms with Crippen LogP contribution in [0.15, 0.2) is 146 Å². The Labute approximate surface area is 281 Å². The van der Waals surface area contributed by atoms with Crippen LogP contribution in [0.5, 0.6) is 0 Å². The SMILES string of the molecule is CC(C)(C)OC(=O)N1C[C@@H](p2c(-c3ccccc3)ccc2-c2ccccc2)C[C@H]1Cp1c(-c2ccccc2)ccc1-c1ccccc1. The molecule has 2 atom stereocenters. The molecule has 3 heterocycles. The summed E-state index contributed by atoms with van der Waals surface area (Å²) in [5, 5.41) is 5.56. The second-order valence-corrected chi connectivity index (χ2v) is 17.9. The van der Waals surface area contributed by atoms with E-state index in [0.29, 0.717) is 12.2 Å². The molecule has 0 N–H and O–H groups in total. The molecule has 1 aliphatic rings. The van der Waals surface area contributed by atoms with E-state index in [0.717, 1.165) is 12.6 Å². The fourth-order valence-electron chi connectivity index (χ4n) is 6.92. The maximum atomic E-state index is 14.1. The number of carbonyl (C=O) groups excluding carboxylic acids is 1. The Morgan fingerprint density at radius 2 is 1.00 bits per heavy atom. The molecule has 0 radical (unpaired) electrons. The van der Waals surface area contributed by atoms with Crippen molar-refractivity contribution < 1.29 is 9.53 Å². The topological polar surface area (TPSA) is 29.5 Å². The number of amides is 1. The van der Waals surface area contributed by atoms with Gasteiger partial charge in [0.05, 0.1) is 0 Å². The van der Waals surface area contributed by atoms with Gasteiger partial charge in [0.25, 0.3) is 0 Å². The van der Waals surface area contributed by atoms with Gasteiger partial charge in [-0.15, -0.1) is 15.1 Å². The van der Waals surface area contributed by atoms with Gasteiger partial charge in [0.2, 0.25) is 0 Å². The van der Waals surface area contributed by atoms with Crippen molar-refractivity contribution in [1.29, 1.82) is 0 Å². The molecule has 47 heavy (non-hydrogen) atoms. The lowest BCUT2D eigenvalue weighted by Gasteiger charge is -2.29. The number of hydrogen-bond donors (Lipinski definition) is 0. The quantitative estimate of drug-likeness (QED) is 0.172. The van der Waals surface area contributed by atoms with Gasteiger partial charge in [-0.3, -0.25) is 0 Å². The number of ether oxygens (including phenoxy) is 1. The third kappa shape index (κ3) is 6.75. The van der Waals surface area contributed by atoms with Gasteiger partial charge in [-0.25, -0.2) is 4.79 Å². The summed E-state index contributed by atoms with van der Waals surface area (Å²) in [4.78, 5) is 16.2. The zero-order valence-corrected chi connectivity index (χ0v) is 29.1. The summed E-state index contributed by atoms with van der Waals surface area (Å²) >= 11 is 0. The Morgan fingerprint density at radius 3 is 1.40 bits per heavy atom. The minimum Gasteiger partial charge on any atom is -0.444 e. The van der Waals surface area contributed by atoms with Gasteiger partial charge in [0, 0.05) is 45.6 Å². The summed E-state index contributed by atoms with van der Waals surface area (Å²) < 4.78 is 6.12. The molecule has 7 rings (SSSR count). The van der Waals surface area contributed by atoms with Gasteiger partial charge < -0.3 is 9.64 Å². The van der Waals surface area contributed by atoms with E-state index in [1.54, 1.807) is 0 Å². The monoisotopic (exact) mass is 653 g/mol. The first-order valence-electron chi connectivity index (χ1n) is 16.5. The number of likely N-dealkylation sites (tertiary alicyclic amines) is 1. The summed E-state index contributed by atoms with van der Waals surface area (Å²) in [7, 11) is -1.42. The Bertz CT molecular complexity index is 1830. The second kappa shape index (κ2) is 13.4. The van der Waals surface area contributed by atoms with Crippen LogP contribution < -0.4 is 0 Å². The van der Waals surface area contributed by atoms with E-state index in [4.69, 9.17) is 4.74 Å². The molecule has 1 amide bonds. The number of nitrogens with zero attached hydrogens (tertiary/aromatic N) is 1. The molecular formula is C42H41NO2P2. The van der Waals surface area contributed by atoms with Gasteiger partial charge in [-0.2, -0.15) is 0 Å². The smallest absolute Gasteiger partial charge is 0.410 e. The molecule has 3 nitrogen and oxygen atoms in total. The summed E-state index contributed by atoms with van der Waals surface area (Å²) in [5.74, 6) is 0. The zero-order valence-electron chi connectivity index (χ0n) is 27.3. The fraction of sp³-hybridized carbons (Fsp3) is 0.214. The Kier molecular flexibility index (Phi) is 8.96. The molecule has 0 aliphatic carbocycles. The first-order chi connectivity index (χ1) is 22.9. The van der Waals surface area contributed by atoms with Crippen molar-refractivity contribution >= 4 is 21.2 Å². The lowest BCUT2D eigenvalue weighted by Crippen LogP contribution is -2.40. The molecule has 1 aliphatic heterocycles. The van der Waals surface area contributed by atoms with Crippen LogP contribution in [0.1, 0.15) is 32.9 Å². The maximum Gasteiger partial charge on any atom is 0.410 e.